The highest BCUT2D eigenvalue weighted by atomic mass is 16.5. The second-order valence-corrected chi connectivity index (χ2v) is 5.02. The molecule has 0 radical (unpaired) electrons. The van der Waals surface area contributed by atoms with Gasteiger partial charge in [0.2, 0.25) is 5.91 Å². The molecule has 0 bridgehead atoms. The number of hydrogen-bond acceptors (Lipinski definition) is 3. The minimum atomic E-state index is 0.154. The molecular weight excluding hydrogens is 192 g/mol. The third-order valence-corrected chi connectivity index (χ3v) is 3.42. The van der Waals surface area contributed by atoms with Crippen LogP contribution in [0.2, 0.25) is 0 Å². The van der Waals surface area contributed by atoms with Crippen molar-refractivity contribution >= 4 is 5.91 Å². The van der Waals surface area contributed by atoms with Gasteiger partial charge in [0, 0.05) is 25.1 Å². The molecule has 1 amide bonds. The SMILES string of the molecule is CC1(CNC(=O)C2CCNC2)CCOC1. The van der Waals surface area contributed by atoms with Gasteiger partial charge < -0.3 is 15.4 Å². The van der Waals surface area contributed by atoms with Crippen molar-refractivity contribution in [3.63, 3.8) is 0 Å². The van der Waals surface area contributed by atoms with Crippen LogP contribution in [0.5, 0.6) is 0 Å². The average molecular weight is 212 g/mol. The summed E-state index contributed by atoms with van der Waals surface area (Å²) in [6, 6.07) is 0. The number of nitrogens with one attached hydrogen (secondary N) is 2. The van der Waals surface area contributed by atoms with Gasteiger partial charge in [-0.05, 0) is 19.4 Å². The molecular formula is C11H20N2O2. The molecule has 0 aliphatic carbocycles. The highest BCUT2D eigenvalue weighted by Crippen LogP contribution is 2.26. The molecule has 4 heteroatoms. The van der Waals surface area contributed by atoms with Crippen LogP contribution in [-0.4, -0.2) is 38.8 Å². The Morgan fingerprint density at radius 3 is 3.13 bits per heavy atom. The van der Waals surface area contributed by atoms with Crippen LogP contribution in [0, 0.1) is 11.3 Å². The zero-order valence-corrected chi connectivity index (χ0v) is 9.34. The van der Waals surface area contributed by atoms with Gasteiger partial charge in [-0.15, -0.1) is 0 Å². The third kappa shape index (κ3) is 2.69. The van der Waals surface area contributed by atoms with E-state index in [2.05, 4.69) is 17.6 Å². The Morgan fingerprint density at radius 2 is 2.53 bits per heavy atom. The number of carbonyl (C=O) groups is 1. The van der Waals surface area contributed by atoms with Crippen molar-refractivity contribution in [3.8, 4) is 0 Å². The first-order valence-corrected chi connectivity index (χ1v) is 5.76. The van der Waals surface area contributed by atoms with E-state index in [1.807, 2.05) is 0 Å². The van der Waals surface area contributed by atoms with E-state index < -0.39 is 0 Å². The summed E-state index contributed by atoms with van der Waals surface area (Å²) < 4.78 is 5.35. The maximum Gasteiger partial charge on any atom is 0.224 e. The number of ether oxygens (including phenoxy) is 1. The third-order valence-electron chi connectivity index (χ3n) is 3.42. The summed E-state index contributed by atoms with van der Waals surface area (Å²) in [6.45, 7) is 6.33. The van der Waals surface area contributed by atoms with Crippen molar-refractivity contribution in [1.29, 1.82) is 0 Å². The van der Waals surface area contributed by atoms with E-state index in [0.717, 1.165) is 45.7 Å². The van der Waals surface area contributed by atoms with Crippen LogP contribution in [-0.2, 0) is 9.53 Å². The van der Waals surface area contributed by atoms with Crippen LogP contribution >= 0.6 is 0 Å². The summed E-state index contributed by atoms with van der Waals surface area (Å²) >= 11 is 0. The standard InChI is InChI=1S/C11H20N2O2/c1-11(3-5-15-8-11)7-13-10(14)9-2-4-12-6-9/h9,12H,2-8H2,1H3,(H,13,14). The highest BCUT2D eigenvalue weighted by molar-refractivity contribution is 5.79. The molecule has 2 fully saturated rings. The van der Waals surface area contributed by atoms with Gasteiger partial charge in [-0.1, -0.05) is 6.92 Å². The lowest BCUT2D eigenvalue weighted by Crippen LogP contribution is -2.39. The van der Waals surface area contributed by atoms with Gasteiger partial charge in [-0.3, -0.25) is 4.79 Å². The number of amides is 1. The van der Waals surface area contributed by atoms with Gasteiger partial charge in [-0.2, -0.15) is 0 Å². The van der Waals surface area contributed by atoms with Crippen LogP contribution in [0.4, 0.5) is 0 Å². The van der Waals surface area contributed by atoms with Crippen LogP contribution in [0.15, 0.2) is 0 Å². The minimum absolute atomic E-state index is 0.154. The molecule has 2 unspecified atom stereocenters. The second kappa shape index (κ2) is 4.49. The Balaban J connectivity index is 1.74. The Kier molecular flexibility index (Phi) is 3.26. The monoisotopic (exact) mass is 212 g/mol. The topological polar surface area (TPSA) is 50.4 Å². The summed E-state index contributed by atoms with van der Waals surface area (Å²) in [4.78, 5) is 11.8. The van der Waals surface area contributed by atoms with E-state index in [0.29, 0.717) is 0 Å². The van der Waals surface area contributed by atoms with Crippen molar-refractivity contribution in [1.82, 2.24) is 10.6 Å². The minimum Gasteiger partial charge on any atom is -0.381 e. The molecule has 2 aliphatic rings. The van der Waals surface area contributed by atoms with Crippen LogP contribution in [0.25, 0.3) is 0 Å². The summed E-state index contributed by atoms with van der Waals surface area (Å²) in [6.07, 6.45) is 2.02. The Hall–Kier alpha value is -0.610. The Morgan fingerprint density at radius 1 is 1.67 bits per heavy atom. The molecule has 0 aromatic carbocycles. The van der Waals surface area contributed by atoms with E-state index in [1.165, 1.54) is 0 Å². The van der Waals surface area contributed by atoms with Gasteiger partial charge in [0.25, 0.3) is 0 Å². The molecule has 2 atom stereocenters. The summed E-state index contributed by atoms with van der Waals surface area (Å²) in [5.74, 6) is 0.379. The van der Waals surface area contributed by atoms with Crippen LogP contribution in [0.3, 0.4) is 0 Å². The first-order chi connectivity index (χ1) is 7.20. The van der Waals surface area contributed by atoms with E-state index in [4.69, 9.17) is 4.74 Å². The van der Waals surface area contributed by atoms with Crippen molar-refractivity contribution in [2.24, 2.45) is 11.3 Å². The van der Waals surface area contributed by atoms with Crippen molar-refractivity contribution < 1.29 is 9.53 Å². The summed E-state index contributed by atoms with van der Waals surface area (Å²) in [7, 11) is 0. The predicted octanol–water partition coefficient (Wildman–Crippen LogP) is 0.139. The smallest absolute Gasteiger partial charge is 0.224 e. The molecule has 0 spiro atoms. The van der Waals surface area contributed by atoms with Crippen molar-refractivity contribution in [3.05, 3.63) is 0 Å². The Labute approximate surface area is 90.8 Å². The molecule has 86 valence electrons. The van der Waals surface area contributed by atoms with E-state index in [9.17, 15) is 4.79 Å². The molecule has 4 nitrogen and oxygen atoms in total. The maximum atomic E-state index is 11.8. The van der Waals surface area contributed by atoms with Crippen molar-refractivity contribution in [2.75, 3.05) is 32.8 Å². The van der Waals surface area contributed by atoms with E-state index >= 15 is 0 Å². The number of hydrogen-bond donors (Lipinski definition) is 2. The first kappa shape index (κ1) is 10.9. The molecule has 0 aromatic rings. The van der Waals surface area contributed by atoms with Gasteiger partial charge in [0.1, 0.15) is 0 Å². The summed E-state index contributed by atoms with van der Waals surface area (Å²) in [5.41, 5.74) is 0.154. The zero-order valence-electron chi connectivity index (χ0n) is 9.34. The van der Waals surface area contributed by atoms with Gasteiger partial charge in [0.05, 0.1) is 12.5 Å². The second-order valence-electron chi connectivity index (χ2n) is 5.02. The first-order valence-electron chi connectivity index (χ1n) is 5.76. The number of carbonyl (C=O) groups excluding carboxylic acids is 1. The normalized spacial score (nSPS) is 35.7. The molecule has 2 aliphatic heterocycles. The molecule has 0 saturated carbocycles. The lowest BCUT2D eigenvalue weighted by atomic mass is 9.90. The molecule has 2 rings (SSSR count). The predicted molar refractivity (Wildman–Crippen MR) is 57.5 cm³/mol. The fourth-order valence-electron chi connectivity index (χ4n) is 2.17. The molecule has 0 aromatic heterocycles. The quantitative estimate of drug-likeness (QED) is 0.699. The van der Waals surface area contributed by atoms with E-state index in [-0.39, 0.29) is 17.2 Å². The maximum absolute atomic E-state index is 11.8. The van der Waals surface area contributed by atoms with Gasteiger partial charge in [-0.25, -0.2) is 0 Å². The molecule has 2 heterocycles. The Bertz CT molecular complexity index is 231. The lowest BCUT2D eigenvalue weighted by molar-refractivity contribution is -0.124. The van der Waals surface area contributed by atoms with Gasteiger partial charge >= 0.3 is 0 Å². The fraction of sp³-hybridized carbons (Fsp3) is 0.909. The summed E-state index contributed by atoms with van der Waals surface area (Å²) in [5, 5.41) is 6.25. The lowest BCUT2D eigenvalue weighted by Gasteiger charge is -2.22. The van der Waals surface area contributed by atoms with Crippen LogP contribution < -0.4 is 10.6 Å². The van der Waals surface area contributed by atoms with Crippen molar-refractivity contribution in [2.45, 2.75) is 19.8 Å². The fourth-order valence-corrected chi connectivity index (χ4v) is 2.17. The zero-order chi connectivity index (χ0) is 10.7. The molecule has 2 saturated heterocycles. The van der Waals surface area contributed by atoms with Gasteiger partial charge in [0.15, 0.2) is 0 Å². The molecule has 15 heavy (non-hydrogen) atoms. The number of rotatable bonds is 3. The largest absolute Gasteiger partial charge is 0.381 e. The van der Waals surface area contributed by atoms with E-state index in [1.54, 1.807) is 0 Å². The van der Waals surface area contributed by atoms with Crippen LogP contribution in [0.1, 0.15) is 19.8 Å². The molecule has 2 N–H and O–H groups in total. The highest BCUT2D eigenvalue weighted by Gasteiger charge is 2.31. The average Bonchev–Trinajstić information content (AvgIpc) is 2.85.